The monoisotopic (exact) mass is 216 g/mol. The van der Waals surface area contributed by atoms with Crippen LogP contribution in [0.3, 0.4) is 0 Å². The standard InChI is InChI=1S/C13H11ClN/c1-11(15-9-3-2-4-10-15)12-5-7-13(14)8-6-12/h2-10H,1H2/q+1. The number of aromatic nitrogens is 1. The first-order valence-electron chi connectivity index (χ1n) is 4.69. The lowest BCUT2D eigenvalue weighted by molar-refractivity contribution is -0.578. The molecule has 1 nitrogen and oxygen atoms in total. The first kappa shape index (κ1) is 9.94. The van der Waals surface area contributed by atoms with Gasteiger partial charge in [-0.2, -0.15) is 4.57 Å². The lowest BCUT2D eigenvalue weighted by Crippen LogP contribution is -2.30. The molecule has 0 aliphatic heterocycles. The number of benzene rings is 1. The quantitative estimate of drug-likeness (QED) is 0.679. The van der Waals surface area contributed by atoms with Crippen LogP contribution in [0.5, 0.6) is 0 Å². The van der Waals surface area contributed by atoms with Crippen LogP contribution in [0.25, 0.3) is 5.70 Å². The minimum Gasteiger partial charge on any atom is -0.167 e. The van der Waals surface area contributed by atoms with Gasteiger partial charge in [0, 0.05) is 22.7 Å². The average Bonchev–Trinajstić information content (AvgIpc) is 2.30. The molecule has 0 spiro atoms. The summed E-state index contributed by atoms with van der Waals surface area (Å²) in [6, 6.07) is 13.6. The molecule has 0 amide bonds. The second-order valence-corrected chi connectivity index (χ2v) is 3.67. The molecule has 0 aliphatic carbocycles. The third-order valence-electron chi connectivity index (χ3n) is 2.20. The van der Waals surface area contributed by atoms with Crippen molar-refractivity contribution in [1.29, 1.82) is 0 Å². The Morgan fingerprint density at radius 3 is 2.20 bits per heavy atom. The first-order chi connectivity index (χ1) is 7.27. The normalized spacial score (nSPS) is 9.93. The van der Waals surface area contributed by atoms with Crippen molar-refractivity contribution in [3.63, 3.8) is 0 Å². The van der Waals surface area contributed by atoms with Gasteiger partial charge < -0.3 is 0 Å². The van der Waals surface area contributed by atoms with Gasteiger partial charge in [0.2, 0.25) is 5.70 Å². The highest BCUT2D eigenvalue weighted by Gasteiger charge is 2.07. The Kier molecular flexibility index (Phi) is 2.84. The van der Waals surface area contributed by atoms with Gasteiger partial charge in [0.25, 0.3) is 0 Å². The Morgan fingerprint density at radius 2 is 1.60 bits per heavy atom. The molecule has 0 atom stereocenters. The highest BCUT2D eigenvalue weighted by molar-refractivity contribution is 6.30. The minimum atomic E-state index is 0.740. The van der Waals surface area contributed by atoms with Gasteiger partial charge in [0.05, 0.1) is 0 Å². The topological polar surface area (TPSA) is 3.88 Å². The minimum absolute atomic E-state index is 0.740. The fraction of sp³-hybridized carbons (Fsp3) is 0. The summed E-state index contributed by atoms with van der Waals surface area (Å²) in [7, 11) is 0. The van der Waals surface area contributed by atoms with Crippen molar-refractivity contribution in [3.05, 3.63) is 72.0 Å². The van der Waals surface area contributed by atoms with Crippen molar-refractivity contribution in [2.45, 2.75) is 0 Å². The van der Waals surface area contributed by atoms with Crippen LogP contribution in [-0.2, 0) is 0 Å². The van der Waals surface area contributed by atoms with Crippen molar-refractivity contribution in [2.24, 2.45) is 0 Å². The van der Waals surface area contributed by atoms with Crippen LogP contribution < -0.4 is 4.57 Å². The van der Waals surface area contributed by atoms with Gasteiger partial charge in [-0.05, 0) is 30.8 Å². The molecule has 0 radical (unpaired) electrons. The largest absolute Gasteiger partial charge is 0.210 e. The van der Waals surface area contributed by atoms with Gasteiger partial charge in [0.15, 0.2) is 12.4 Å². The molecule has 0 saturated carbocycles. The van der Waals surface area contributed by atoms with Gasteiger partial charge >= 0.3 is 0 Å². The molecule has 0 aliphatic rings. The highest BCUT2D eigenvalue weighted by atomic mass is 35.5. The van der Waals surface area contributed by atoms with Gasteiger partial charge in [-0.25, -0.2) is 0 Å². The van der Waals surface area contributed by atoms with Crippen molar-refractivity contribution in [3.8, 4) is 0 Å². The lowest BCUT2D eigenvalue weighted by atomic mass is 10.2. The molecule has 0 bridgehead atoms. The fourth-order valence-electron chi connectivity index (χ4n) is 1.37. The molecule has 0 saturated heterocycles. The summed E-state index contributed by atoms with van der Waals surface area (Å²) in [4.78, 5) is 0. The number of pyridine rings is 1. The molecular formula is C13H11ClN+. The Bertz CT molecular complexity index is 460. The van der Waals surface area contributed by atoms with E-state index in [4.69, 9.17) is 11.6 Å². The van der Waals surface area contributed by atoms with Gasteiger partial charge in [-0.1, -0.05) is 17.7 Å². The SMILES string of the molecule is C=C(c1ccc(Cl)cc1)[n+]1ccccc1. The molecule has 0 N–H and O–H groups in total. The number of rotatable bonds is 2. The van der Waals surface area contributed by atoms with Crippen LogP contribution in [0, 0.1) is 0 Å². The summed E-state index contributed by atoms with van der Waals surface area (Å²) < 4.78 is 1.98. The number of hydrogen-bond acceptors (Lipinski definition) is 0. The first-order valence-corrected chi connectivity index (χ1v) is 5.07. The summed E-state index contributed by atoms with van der Waals surface area (Å²) in [5.41, 5.74) is 2.00. The van der Waals surface area contributed by atoms with E-state index in [1.54, 1.807) is 0 Å². The molecular weight excluding hydrogens is 206 g/mol. The molecule has 1 heterocycles. The lowest BCUT2D eigenvalue weighted by Gasteiger charge is -1.99. The third kappa shape index (κ3) is 2.25. The zero-order valence-electron chi connectivity index (χ0n) is 8.23. The second kappa shape index (κ2) is 4.28. The van der Waals surface area contributed by atoms with Crippen LogP contribution in [0.15, 0.2) is 61.4 Å². The van der Waals surface area contributed by atoms with Gasteiger partial charge in [0.1, 0.15) is 0 Å². The van der Waals surface area contributed by atoms with E-state index in [1.165, 1.54) is 0 Å². The molecule has 1 aromatic carbocycles. The summed E-state index contributed by atoms with van der Waals surface area (Å²) >= 11 is 5.83. The average molecular weight is 217 g/mol. The van der Waals surface area contributed by atoms with Gasteiger partial charge in [-0.3, -0.25) is 0 Å². The predicted octanol–water partition coefficient (Wildman–Crippen LogP) is 3.15. The molecule has 1 aromatic heterocycles. The van der Waals surface area contributed by atoms with Crippen LogP contribution in [0.1, 0.15) is 5.56 Å². The van der Waals surface area contributed by atoms with Crippen LogP contribution in [0.2, 0.25) is 5.02 Å². The molecule has 0 fully saturated rings. The Morgan fingerprint density at radius 1 is 1.00 bits per heavy atom. The summed E-state index contributed by atoms with van der Waals surface area (Å²) in [5.74, 6) is 0. The Labute approximate surface area is 94.3 Å². The van der Waals surface area contributed by atoms with Crippen molar-refractivity contribution >= 4 is 17.3 Å². The van der Waals surface area contributed by atoms with Crippen molar-refractivity contribution < 1.29 is 4.57 Å². The summed E-state index contributed by atoms with van der Waals surface area (Å²) in [6.45, 7) is 4.04. The maximum atomic E-state index is 5.83. The van der Waals surface area contributed by atoms with E-state index in [1.807, 2.05) is 59.4 Å². The molecule has 74 valence electrons. The van der Waals surface area contributed by atoms with E-state index in [9.17, 15) is 0 Å². The maximum Gasteiger partial charge on any atom is 0.210 e. The molecule has 0 unspecified atom stereocenters. The highest BCUT2D eigenvalue weighted by Crippen LogP contribution is 2.13. The van der Waals surface area contributed by atoms with Crippen molar-refractivity contribution in [1.82, 2.24) is 0 Å². The number of nitrogens with zero attached hydrogens (tertiary/aromatic N) is 1. The van der Waals surface area contributed by atoms with Gasteiger partial charge in [-0.15, -0.1) is 0 Å². The zero-order chi connectivity index (χ0) is 10.7. The fourth-order valence-corrected chi connectivity index (χ4v) is 1.50. The molecule has 2 aromatic rings. The smallest absolute Gasteiger partial charge is 0.167 e. The molecule has 2 rings (SSSR count). The van der Waals surface area contributed by atoms with E-state index in [2.05, 4.69) is 6.58 Å². The molecule has 2 heteroatoms. The Hall–Kier alpha value is -1.60. The third-order valence-corrected chi connectivity index (χ3v) is 2.46. The number of hydrogen-bond donors (Lipinski definition) is 0. The summed E-state index contributed by atoms with van der Waals surface area (Å²) in [6.07, 6.45) is 3.94. The van der Waals surface area contributed by atoms with E-state index in [0.717, 1.165) is 16.3 Å². The number of halogens is 1. The van der Waals surface area contributed by atoms with Crippen LogP contribution in [-0.4, -0.2) is 0 Å². The van der Waals surface area contributed by atoms with Crippen molar-refractivity contribution in [2.75, 3.05) is 0 Å². The zero-order valence-corrected chi connectivity index (χ0v) is 8.98. The maximum absolute atomic E-state index is 5.83. The summed E-state index contributed by atoms with van der Waals surface area (Å²) in [5, 5.41) is 0.740. The van der Waals surface area contributed by atoms with E-state index < -0.39 is 0 Å². The van der Waals surface area contributed by atoms with Crippen LogP contribution >= 0.6 is 11.6 Å². The Balaban J connectivity index is 2.33. The van der Waals surface area contributed by atoms with E-state index in [0.29, 0.717) is 0 Å². The van der Waals surface area contributed by atoms with Crippen LogP contribution in [0.4, 0.5) is 0 Å². The van der Waals surface area contributed by atoms with E-state index >= 15 is 0 Å². The second-order valence-electron chi connectivity index (χ2n) is 3.24. The van der Waals surface area contributed by atoms with E-state index in [-0.39, 0.29) is 0 Å². The predicted molar refractivity (Wildman–Crippen MR) is 62.5 cm³/mol. The molecule has 15 heavy (non-hydrogen) atoms.